The number of hydrogen-bond acceptors (Lipinski definition) is 4. The molecule has 2 aromatic rings. The van der Waals surface area contributed by atoms with Gasteiger partial charge in [0.15, 0.2) is 0 Å². The monoisotopic (exact) mass is 351 g/mol. The van der Waals surface area contributed by atoms with E-state index >= 15 is 0 Å². The lowest BCUT2D eigenvalue weighted by atomic mass is 10.1. The van der Waals surface area contributed by atoms with Crippen molar-refractivity contribution in [2.45, 2.75) is 13.0 Å². The van der Waals surface area contributed by atoms with E-state index in [2.05, 4.69) is 22.4 Å². The second-order valence-corrected chi connectivity index (χ2v) is 6.69. The fraction of sp³-hybridized carbons (Fsp3) is 0.353. The third kappa shape index (κ3) is 4.96. The number of nitrogen functional groups attached to an aromatic ring is 1. The predicted octanol–water partition coefficient (Wildman–Crippen LogP) is 2.64. The van der Waals surface area contributed by atoms with Crippen molar-refractivity contribution in [1.82, 2.24) is 9.80 Å². The van der Waals surface area contributed by atoms with Gasteiger partial charge in [0.2, 0.25) is 5.91 Å². The highest BCUT2D eigenvalue weighted by Crippen LogP contribution is 2.14. The van der Waals surface area contributed by atoms with Gasteiger partial charge in [-0.2, -0.15) is 0 Å². The van der Waals surface area contributed by atoms with Gasteiger partial charge in [-0.05, 0) is 29.1 Å². The van der Waals surface area contributed by atoms with Gasteiger partial charge in [0.05, 0.1) is 6.42 Å². The van der Waals surface area contributed by atoms with E-state index in [1.807, 2.05) is 29.2 Å². The van der Waals surface area contributed by atoms with Crippen LogP contribution in [0.3, 0.4) is 0 Å². The quantitative estimate of drug-likeness (QED) is 0.861. The van der Waals surface area contributed by atoms with Crippen LogP contribution in [0.2, 0.25) is 0 Å². The summed E-state index contributed by atoms with van der Waals surface area (Å²) in [6.45, 7) is 4.51. The number of halogens is 1. The molecular weight excluding hydrogens is 330 g/mol. The Kier molecular flexibility index (Phi) is 6.45. The van der Waals surface area contributed by atoms with Crippen molar-refractivity contribution in [2.24, 2.45) is 0 Å². The zero-order chi connectivity index (χ0) is 15.4. The van der Waals surface area contributed by atoms with Crippen LogP contribution in [-0.4, -0.2) is 41.9 Å². The van der Waals surface area contributed by atoms with Gasteiger partial charge in [0, 0.05) is 43.3 Å². The first kappa shape index (κ1) is 17.8. The fourth-order valence-electron chi connectivity index (χ4n) is 2.77. The van der Waals surface area contributed by atoms with Crippen LogP contribution in [-0.2, 0) is 17.8 Å². The van der Waals surface area contributed by atoms with Crippen LogP contribution in [0.1, 0.15) is 10.4 Å². The number of piperazine rings is 1. The van der Waals surface area contributed by atoms with Gasteiger partial charge in [-0.1, -0.05) is 18.2 Å². The topological polar surface area (TPSA) is 49.6 Å². The van der Waals surface area contributed by atoms with Crippen LogP contribution in [0.4, 0.5) is 5.69 Å². The Morgan fingerprint density at radius 1 is 1.13 bits per heavy atom. The molecule has 0 bridgehead atoms. The van der Waals surface area contributed by atoms with Gasteiger partial charge >= 0.3 is 0 Å². The van der Waals surface area contributed by atoms with Crippen molar-refractivity contribution in [2.75, 3.05) is 31.9 Å². The standard InChI is InChI=1S/C17H21N3OS.ClH/c18-15-4-1-3-14(11-15)12-17(21)20-8-6-19(7-9-20)13-16-5-2-10-22-16;/h1-5,10-11H,6-9,12-13,18H2;1H. The summed E-state index contributed by atoms with van der Waals surface area (Å²) in [6.07, 6.45) is 0.440. The Balaban J connectivity index is 0.00000192. The summed E-state index contributed by atoms with van der Waals surface area (Å²) in [5.74, 6) is 0.196. The molecule has 0 aliphatic carbocycles. The van der Waals surface area contributed by atoms with E-state index in [0.717, 1.165) is 38.3 Å². The van der Waals surface area contributed by atoms with Crippen LogP contribution in [0.25, 0.3) is 0 Å². The first-order valence-electron chi connectivity index (χ1n) is 7.57. The molecule has 124 valence electrons. The summed E-state index contributed by atoms with van der Waals surface area (Å²) < 4.78 is 0. The lowest BCUT2D eigenvalue weighted by Crippen LogP contribution is -2.48. The summed E-state index contributed by atoms with van der Waals surface area (Å²) in [4.78, 5) is 18.1. The van der Waals surface area contributed by atoms with Crippen molar-refractivity contribution >= 4 is 35.3 Å². The van der Waals surface area contributed by atoms with Gasteiger partial charge < -0.3 is 10.6 Å². The van der Waals surface area contributed by atoms with Crippen molar-refractivity contribution in [3.63, 3.8) is 0 Å². The van der Waals surface area contributed by atoms with Crippen molar-refractivity contribution in [1.29, 1.82) is 0 Å². The highest BCUT2D eigenvalue weighted by molar-refractivity contribution is 7.09. The summed E-state index contributed by atoms with van der Waals surface area (Å²) in [5, 5.41) is 2.11. The van der Waals surface area contributed by atoms with Crippen LogP contribution in [0.5, 0.6) is 0 Å². The molecule has 1 aliphatic heterocycles. The highest BCUT2D eigenvalue weighted by Gasteiger charge is 2.21. The number of hydrogen-bond donors (Lipinski definition) is 1. The number of benzene rings is 1. The summed E-state index contributed by atoms with van der Waals surface area (Å²) in [5.41, 5.74) is 7.47. The molecule has 23 heavy (non-hydrogen) atoms. The van der Waals surface area contributed by atoms with E-state index in [-0.39, 0.29) is 18.3 Å². The normalized spacial score (nSPS) is 15.2. The predicted molar refractivity (Wildman–Crippen MR) is 98.0 cm³/mol. The van der Waals surface area contributed by atoms with Crippen molar-refractivity contribution in [3.05, 3.63) is 52.2 Å². The third-order valence-corrected chi connectivity index (χ3v) is 4.85. The Morgan fingerprint density at radius 2 is 1.91 bits per heavy atom. The summed E-state index contributed by atoms with van der Waals surface area (Å²) in [7, 11) is 0. The average Bonchev–Trinajstić information content (AvgIpc) is 3.01. The number of thiophene rings is 1. The summed E-state index contributed by atoms with van der Waals surface area (Å²) in [6, 6.07) is 11.8. The van der Waals surface area contributed by atoms with Gasteiger partial charge in [-0.25, -0.2) is 0 Å². The molecule has 0 unspecified atom stereocenters. The maximum Gasteiger partial charge on any atom is 0.227 e. The molecule has 2 heterocycles. The SMILES string of the molecule is Cl.Nc1cccc(CC(=O)N2CCN(Cc3cccs3)CC2)c1. The van der Waals surface area contributed by atoms with E-state index in [0.29, 0.717) is 12.1 Å². The second-order valence-electron chi connectivity index (χ2n) is 5.66. The molecule has 0 radical (unpaired) electrons. The third-order valence-electron chi connectivity index (χ3n) is 3.99. The van der Waals surface area contributed by atoms with E-state index in [9.17, 15) is 4.79 Å². The molecule has 3 rings (SSSR count). The van der Waals surface area contributed by atoms with E-state index in [1.165, 1.54) is 4.88 Å². The van der Waals surface area contributed by atoms with Gasteiger partial charge in [0.25, 0.3) is 0 Å². The molecule has 1 aliphatic rings. The molecular formula is C17H22ClN3OS. The van der Waals surface area contributed by atoms with E-state index < -0.39 is 0 Å². The Labute approximate surface area is 147 Å². The van der Waals surface area contributed by atoms with Gasteiger partial charge in [-0.3, -0.25) is 9.69 Å². The minimum atomic E-state index is 0. The lowest BCUT2D eigenvalue weighted by Gasteiger charge is -2.34. The van der Waals surface area contributed by atoms with Crippen LogP contribution in [0, 0.1) is 0 Å². The molecule has 1 aromatic heterocycles. The maximum atomic E-state index is 12.4. The zero-order valence-electron chi connectivity index (χ0n) is 13.0. The molecule has 0 spiro atoms. The van der Waals surface area contributed by atoms with Gasteiger partial charge in [-0.15, -0.1) is 23.7 Å². The maximum absolute atomic E-state index is 12.4. The molecule has 1 amide bonds. The molecule has 0 atom stereocenters. The van der Waals surface area contributed by atoms with Crippen LogP contribution < -0.4 is 5.73 Å². The number of nitrogens with two attached hydrogens (primary N) is 1. The molecule has 6 heteroatoms. The number of amides is 1. The molecule has 4 nitrogen and oxygen atoms in total. The number of nitrogens with zero attached hydrogens (tertiary/aromatic N) is 2. The minimum absolute atomic E-state index is 0. The molecule has 2 N–H and O–H groups in total. The summed E-state index contributed by atoms with van der Waals surface area (Å²) >= 11 is 1.79. The molecule has 1 saturated heterocycles. The van der Waals surface area contributed by atoms with Crippen molar-refractivity contribution < 1.29 is 4.79 Å². The van der Waals surface area contributed by atoms with E-state index in [1.54, 1.807) is 11.3 Å². The number of carbonyl (C=O) groups excluding carboxylic acids is 1. The first-order chi connectivity index (χ1) is 10.7. The lowest BCUT2D eigenvalue weighted by molar-refractivity contribution is -0.132. The zero-order valence-corrected chi connectivity index (χ0v) is 14.6. The Hall–Kier alpha value is -1.56. The molecule has 1 aromatic carbocycles. The number of anilines is 1. The number of carbonyl (C=O) groups is 1. The largest absolute Gasteiger partial charge is 0.399 e. The highest BCUT2D eigenvalue weighted by atomic mass is 35.5. The van der Waals surface area contributed by atoms with E-state index in [4.69, 9.17) is 5.73 Å². The molecule has 0 saturated carbocycles. The Bertz CT molecular complexity index is 625. The second kappa shape index (κ2) is 8.34. The average molecular weight is 352 g/mol. The Morgan fingerprint density at radius 3 is 2.57 bits per heavy atom. The smallest absolute Gasteiger partial charge is 0.227 e. The van der Waals surface area contributed by atoms with Crippen LogP contribution in [0.15, 0.2) is 41.8 Å². The van der Waals surface area contributed by atoms with Gasteiger partial charge in [0.1, 0.15) is 0 Å². The first-order valence-corrected chi connectivity index (χ1v) is 8.45. The fourth-order valence-corrected chi connectivity index (χ4v) is 3.51. The minimum Gasteiger partial charge on any atom is -0.399 e. The number of rotatable bonds is 4. The molecule has 1 fully saturated rings. The van der Waals surface area contributed by atoms with Crippen molar-refractivity contribution in [3.8, 4) is 0 Å². The van der Waals surface area contributed by atoms with Crippen LogP contribution >= 0.6 is 23.7 Å².